The Hall–Kier alpha value is -0.600. The van der Waals surface area contributed by atoms with Crippen LogP contribution < -0.4 is 0 Å². The normalized spacial score (nSPS) is 14.5. The van der Waals surface area contributed by atoms with E-state index in [1.54, 1.807) is 12.1 Å². The molecule has 0 aliphatic rings. The van der Waals surface area contributed by atoms with Crippen molar-refractivity contribution in [1.29, 1.82) is 0 Å². The molecule has 0 aliphatic heterocycles. The summed E-state index contributed by atoms with van der Waals surface area (Å²) in [6.45, 7) is 4.27. The Morgan fingerprint density at radius 2 is 2.06 bits per heavy atom. The summed E-state index contributed by atoms with van der Waals surface area (Å²) in [5, 5.41) is 10.2. The molecule has 1 aromatic rings. The molecule has 0 saturated carbocycles. The van der Waals surface area contributed by atoms with Crippen LogP contribution in [0.15, 0.2) is 18.2 Å². The van der Waals surface area contributed by atoms with E-state index in [0.29, 0.717) is 17.0 Å². The van der Waals surface area contributed by atoms with Gasteiger partial charge in [0.2, 0.25) is 0 Å². The summed E-state index contributed by atoms with van der Waals surface area (Å²) in [4.78, 5) is 0. The van der Waals surface area contributed by atoms with Crippen LogP contribution in [0.5, 0.6) is 0 Å². The third kappa shape index (κ3) is 3.96. The van der Waals surface area contributed by atoms with Crippen LogP contribution in [0.2, 0.25) is 5.02 Å². The van der Waals surface area contributed by atoms with Crippen LogP contribution in [0.25, 0.3) is 0 Å². The molecular weight excluding hydrogens is 251 g/mol. The summed E-state index contributed by atoms with van der Waals surface area (Å²) in [6.07, 6.45) is 4.45. The van der Waals surface area contributed by atoms with Gasteiger partial charge in [0.15, 0.2) is 0 Å². The first kappa shape index (κ1) is 15.5. The van der Waals surface area contributed by atoms with Crippen molar-refractivity contribution in [2.45, 2.75) is 46.0 Å². The molecule has 0 saturated heterocycles. The number of hydrogen-bond donors (Lipinski definition) is 1. The summed E-state index contributed by atoms with van der Waals surface area (Å²) >= 11 is 5.91. The molecule has 0 heterocycles. The number of aliphatic hydroxyl groups is 1. The lowest BCUT2D eigenvalue weighted by Gasteiger charge is -2.31. The molecule has 0 aliphatic carbocycles. The van der Waals surface area contributed by atoms with Gasteiger partial charge in [-0.05, 0) is 48.4 Å². The molecule has 18 heavy (non-hydrogen) atoms. The van der Waals surface area contributed by atoms with Crippen molar-refractivity contribution in [3.63, 3.8) is 0 Å². The van der Waals surface area contributed by atoms with E-state index in [-0.39, 0.29) is 17.8 Å². The van der Waals surface area contributed by atoms with Crippen LogP contribution in [0, 0.1) is 11.2 Å². The molecule has 0 spiro atoms. The lowest BCUT2D eigenvalue weighted by atomic mass is 9.76. The van der Waals surface area contributed by atoms with Crippen LogP contribution in [0.4, 0.5) is 4.39 Å². The molecule has 1 nitrogen and oxygen atoms in total. The van der Waals surface area contributed by atoms with Gasteiger partial charge < -0.3 is 5.11 Å². The standard InChI is InChI=1S/C15H22ClFO/c1-3-5-8-15(4-2,11-18)10-12-9-13(16)6-7-14(12)17/h6-7,9,18H,3-5,8,10-11H2,1-2H3. The fourth-order valence-corrected chi connectivity index (χ4v) is 2.47. The topological polar surface area (TPSA) is 20.2 Å². The molecule has 102 valence electrons. The molecule has 0 bridgehead atoms. The highest BCUT2D eigenvalue weighted by Crippen LogP contribution is 2.34. The van der Waals surface area contributed by atoms with Crippen molar-refractivity contribution in [3.8, 4) is 0 Å². The average Bonchev–Trinajstić information content (AvgIpc) is 2.39. The number of rotatable bonds is 7. The molecule has 0 amide bonds. The van der Waals surface area contributed by atoms with Gasteiger partial charge in [0.05, 0.1) is 0 Å². The van der Waals surface area contributed by atoms with Gasteiger partial charge in [-0.25, -0.2) is 4.39 Å². The molecule has 3 heteroatoms. The summed E-state index contributed by atoms with van der Waals surface area (Å²) in [5.74, 6) is -0.234. The van der Waals surface area contributed by atoms with Crippen LogP contribution >= 0.6 is 11.6 Å². The Morgan fingerprint density at radius 3 is 2.61 bits per heavy atom. The lowest BCUT2D eigenvalue weighted by Crippen LogP contribution is -2.28. The maximum absolute atomic E-state index is 13.8. The van der Waals surface area contributed by atoms with Crippen LogP contribution in [-0.2, 0) is 6.42 Å². The second-order valence-corrected chi connectivity index (χ2v) is 5.46. The third-order valence-electron chi connectivity index (χ3n) is 3.72. The first-order valence-corrected chi connectivity index (χ1v) is 6.99. The quantitative estimate of drug-likeness (QED) is 0.769. The van der Waals surface area contributed by atoms with Gasteiger partial charge in [0.1, 0.15) is 5.82 Å². The van der Waals surface area contributed by atoms with E-state index >= 15 is 0 Å². The maximum atomic E-state index is 13.8. The number of hydrogen-bond acceptors (Lipinski definition) is 1. The summed E-state index contributed by atoms with van der Waals surface area (Å²) in [7, 11) is 0. The molecule has 1 unspecified atom stereocenters. The Morgan fingerprint density at radius 1 is 1.33 bits per heavy atom. The molecule has 0 aromatic heterocycles. The van der Waals surface area contributed by atoms with E-state index in [1.165, 1.54) is 6.07 Å². The number of unbranched alkanes of at least 4 members (excludes halogenated alkanes) is 1. The van der Waals surface area contributed by atoms with E-state index in [0.717, 1.165) is 25.7 Å². The molecule has 1 atom stereocenters. The minimum atomic E-state index is -0.234. The predicted octanol–water partition coefficient (Wildman–Crippen LogP) is 4.60. The van der Waals surface area contributed by atoms with Gasteiger partial charge >= 0.3 is 0 Å². The first-order chi connectivity index (χ1) is 8.56. The number of aliphatic hydroxyl groups excluding tert-OH is 1. The van der Waals surface area contributed by atoms with Gasteiger partial charge in [0, 0.05) is 11.6 Å². The number of benzene rings is 1. The fraction of sp³-hybridized carbons (Fsp3) is 0.600. The van der Waals surface area contributed by atoms with Gasteiger partial charge in [-0.1, -0.05) is 38.3 Å². The number of halogens is 2. The minimum absolute atomic E-state index is 0.0927. The van der Waals surface area contributed by atoms with E-state index < -0.39 is 0 Å². The second-order valence-electron chi connectivity index (χ2n) is 5.03. The minimum Gasteiger partial charge on any atom is -0.396 e. The highest BCUT2D eigenvalue weighted by Gasteiger charge is 2.28. The van der Waals surface area contributed by atoms with E-state index in [1.807, 2.05) is 6.92 Å². The molecule has 0 radical (unpaired) electrons. The predicted molar refractivity (Wildman–Crippen MR) is 74.4 cm³/mol. The second kappa shape index (κ2) is 7.10. The van der Waals surface area contributed by atoms with Crippen molar-refractivity contribution in [3.05, 3.63) is 34.6 Å². The summed E-state index contributed by atoms with van der Waals surface area (Å²) < 4.78 is 13.8. The smallest absolute Gasteiger partial charge is 0.126 e. The van der Waals surface area contributed by atoms with Crippen molar-refractivity contribution in [2.24, 2.45) is 5.41 Å². The first-order valence-electron chi connectivity index (χ1n) is 6.61. The van der Waals surface area contributed by atoms with Crippen LogP contribution in [0.3, 0.4) is 0 Å². The molecular formula is C15H22ClFO. The molecule has 0 fully saturated rings. The van der Waals surface area contributed by atoms with Crippen molar-refractivity contribution >= 4 is 11.6 Å². The fourth-order valence-electron chi connectivity index (χ4n) is 2.27. The SMILES string of the molecule is CCCCC(CC)(CO)Cc1cc(Cl)ccc1F. The third-order valence-corrected chi connectivity index (χ3v) is 3.95. The van der Waals surface area contributed by atoms with E-state index in [9.17, 15) is 9.50 Å². The maximum Gasteiger partial charge on any atom is 0.126 e. The summed E-state index contributed by atoms with van der Waals surface area (Å²) in [5.41, 5.74) is 0.385. The zero-order valence-corrected chi connectivity index (χ0v) is 11.9. The average molecular weight is 273 g/mol. The van der Waals surface area contributed by atoms with E-state index in [2.05, 4.69) is 6.92 Å². The zero-order valence-electron chi connectivity index (χ0n) is 11.2. The van der Waals surface area contributed by atoms with Crippen molar-refractivity contribution in [1.82, 2.24) is 0 Å². The Labute approximate surface area is 114 Å². The van der Waals surface area contributed by atoms with Gasteiger partial charge in [0.25, 0.3) is 0 Å². The lowest BCUT2D eigenvalue weighted by molar-refractivity contribution is 0.106. The highest BCUT2D eigenvalue weighted by molar-refractivity contribution is 6.30. The highest BCUT2D eigenvalue weighted by atomic mass is 35.5. The van der Waals surface area contributed by atoms with Gasteiger partial charge in [-0.15, -0.1) is 0 Å². The van der Waals surface area contributed by atoms with Gasteiger partial charge in [-0.3, -0.25) is 0 Å². The van der Waals surface area contributed by atoms with Crippen LogP contribution in [0.1, 0.15) is 45.1 Å². The largest absolute Gasteiger partial charge is 0.396 e. The molecule has 1 aromatic carbocycles. The van der Waals surface area contributed by atoms with Crippen molar-refractivity contribution in [2.75, 3.05) is 6.61 Å². The van der Waals surface area contributed by atoms with Crippen LogP contribution in [-0.4, -0.2) is 11.7 Å². The van der Waals surface area contributed by atoms with E-state index in [4.69, 9.17) is 11.6 Å². The van der Waals surface area contributed by atoms with Gasteiger partial charge in [-0.2, -0.15) is 0 Å². The summed E-state index contributed by atoms with van der Waals surface area (Å²) in [6, 6.07) is 4.62. The Bertz CT molecular complexity index is 375. The van der Waals surface area contributed by atoms with Crippen molar-refractivity contribution < 1.29 is 9.50 Å². The zero-order chi connectivity index (χ0) is 13.6. The Balaban J connectivity index is 2.91. The molecule has 1 rings (SSSR count). The molecule has 1 N–H and O–H groups in total. The Kier molecular flexibility index (Phi) is 6.10. The monoisotopic (exact) mass is 272 g/mol.